The zero-order valence-electron chi connectivity index (χ0n) is 36.5. The minimum absolute atomic E-state index is 0.0290. The van der Waals surface area contributed by atoms with Crippen LogP contribution in [0.4, 0.5) is 0 Å². The molecule has 1 heterocycles. The molecule has 0 aromatic carbocycles. The highest BCUT2D eigenvalue weighted by Crippen LogP contribution is 2.38. The van der Waals surface area contributed by atoms with Crippen LogP contribution in [0.2, 0.25) is 0 Å². The standard InChI is InChI=1S/C44H80NO12P/c1-6-8-10-11-12-13-14-15-16-17-18-19-24-28-42(48)53-35-38(36-55-58(51,52)54-33-32-45(3,4)5)56-43(49)29-25-21-20-23-27-39-40(47)34-44(50)57-41(39)31-30-37(46)26-22-9-7-2/h13-14,20,23,30-31,37-41,44,46-47,50H,6-12,15-19,21-22,24-29,32-36H2,1-5H3/b14-13-,23-20-,31-30+/t37-,38+,39-,40-,41+,44?/m0/s1. The maximum Gasteiger partial charge on any atom is 0.306 e. The van der Waals surface area contributed by atoms with E-state index in [0.717, 1.165) is 57.8 Å². The number of hydrogen-bond donors (Lipinski definition) is 3. The third-order valence-electron chi connectivity index (χ3n) is 9.93. The van der Waals surface area contributed by atoms with Crippen molar-refractivity contribution in [1.29, 1.82) is 0 Å². The number of phosphoric acid groups is 1. The van der Waals surface area contributed by atoms with E-state index in [1.165, 1.54) is 25.7 Å². The van der Waals surface area contributed by atoms with Gasteiger partial charge in [-0.1, -0.05) is 108 Å². The number of unbranched alkanes of at least 4 members (excludes halogenated alkanes) is 12. The van der Waals surface area contributed by atoms with Crippen LogP contribution in [0.1, 0.15) is 149 Å². The van der Waals surface area contributed by atoms with Crippen LogP contribution in [0, 0.1) is 5.92 Å². The summed E-state index contributed by atoms with van der Waals surface area (Å²) in [5.74, 6) is -1.36. The number of ether oxygens (including phenoxy) is 3. The summed E-state index contributed by atoms with van der Waals surface area (Å²) in [6.07, 6.45) is 25.1. The van der Waals surface area contributed by atoms with Crippen molar-refractivity contribution >= 4 is 19.8 Å². The number of aliphatic hydroxyl groups excluding tert-OH is 3. The predicted molar refractivity (Wildman–Crippen MR) is 225 cm³/mol. The molecule has 1 fully saturated rings. The maximum atomic E-state index is 12.8. The summed E-state index contributed by atoms with van der Waals surface area (Å²) in [7, 11) is 0.990. The molecule has 7 atom stereocenters. The molecule has 0 radical (unpaired) electrons. The number of quaternary nitrogens is 1. The Hall–Kier alpha value is -1.93. The predicted octanol–water partition coefficient (Wildman–Crippen LogP) is 7.60. The number of nitrogens with zero attached hydrogens (tertiary/aromatic N) is 1. The quantitative estimate of drug-likeness (QED) is 0.0187. The normalized spacial score (nSPS) is 21.1. The summed E-state index contributed by atoms with van der Waals surface area (Å²) in [6.45, 7) is 3.76. The Labute approximate surface area is 350 Å². The van der Waals surface area contributed by atoms with Gasteiger partial charge < -0.3 is 48.0 Å². The van der Waals surface area contributed by atoms with E-state index in [2.05, 4.69) is 26.0 Å². The van der Waals surface area contributed by atoms with Gasteiger partial charge in [-0.25, -0.2) is 0 Å². The molecule has 1 saturated heterocycles. The lowest BCUT2D eigenvalue weighted by Crippen LogP contribution is -2.43. The smallest absolute Gasteiger partial charge is 0.306 e. The van der Waals surface area contributed by atoms with E-state index in [4.69, 9.17) is 23.3 Å². The van der Waals surface area contributed by atoms with Crippen molar-refractivity contribution in [1.82, 2.24) is 0 Å². The van der Waals surface area contributed by atoms with Crippen LogP contribution in [0.15, 0.2) is 36.5 Å². The third kappa shape index (κ3) is 30.1. The van der Waals surface area contributed by atoms with Crippen molar-refractivity contribution in [3.8, 4) is 0 Å². The summed E-state index contributed by atoms with van der Waals surface area (Å²) >= 11 is 0. The molecule has 1 aliphatic heterocycles. The number of phosphoric ester groups is 1. The van der Waals surface area contributed by atoms with Gasteiger partial charge in [0.2, 0.25) is 0 Å². The van der Waals surface area contributed by atoms with Gasteiger partial charge >= 0.3 is 11.9 Å². The fourth-order valence-electron chi connectivity index (χ4n) is 6.33. The van der Waals surface area contributed by atoms with Crippen LogP contribution in [0.25, 0.3) is 0 Å². The molecule has 14 heteroatoms. The highest BCUT2D eigenvalue weighted by Gasteiger charge is 2.35. The van der Waals surface area contributed by atoms with Gasteiger partial charge in [0.1, 0.15) is 19.8 Å². The van der Waals surface area contributed by atoms with Crippen molar-refractivity contribution in [2.24, 2.45) is 5.92 Å². The van der Waals surface area contributed by atoms with E-state index >= 15 is 0 Å². The number of aliphatic hydroxyl groups is 3. The Balaban J connectivity index is 2.57. The lowest BCUT2D eigenvalue weighted by atomic mass is 9.87. The molecule has 0 aromatic heterocycles. The highest BCUT2D eigenvalue weighted by atomic mass is 31.2. The molecule has 0 bridgehead atoms. The Kier molecular flexibility index (Phi) is 30.6. The molecule has 2 unspecified atom stereocenters. The largest absolute Gasteiger partial charge is 0.756 e. The first-order chi connectivity index (χ1) is 27.7. The Bertz CT molecular complexity index is 1210. The fourth-order valence-corrected chi connectivity index (χ4v) is 7.06. The summed E-state index contributed by atoms with van der Waals surface area (Å²) in [5.41, 5.74) is 0. The van der Waals surface area contributed by atoms with E-state index in [9.17, 15) is 34.4 Å². The van der Waals surface area contributed by atoms with E-state index in [1.807, 2.05) is 33.3 Å². The van der Waals surface area contributed by atoms with E-state index in [-0.39, 0.29) is 38.4 Å². The number of rotatable bonds is 35. The number of carbonyl (C=O) groups excluding carboxylic acids is 2. The second-order valence-corrected chi connectivity index (χ2v) is 18.0. The molecule has 0 aliphatic carbocycles. The van der Waals surface area contributed by atoms with Gasteiger partial charge in [-0.05, 0) is 57.8 Å². The Morgan fingerprint density at radius 1 is 0.810 bits per heavy atom. The monoisotopic (exact) mass is 846 g/mol. The SMILES string of the molecule is CCCCCC/C=C\CCCCCCCC(=O)OC[C@H](COP(=O)([O-])OCC[N+](C)(C)C)OC(=O)CCC/C=C\C[C@H]1[C@@H](O)CC(O)O[C@@H]1/C=C/[C@@H](O)CCCCC. The molecule has 3 N–H and O–H groups in total. The van der Waals surface area contributed by atoms with E-state index < -0.39 is 57.1 Å². The van der Waals surface area contributed by atoms with Gasteiger partial charge in [-0.15, -0.1) is 0 Å². The summed E-state index contributed by atoms with van der Waals surface area (Å²) < 4.78 is 39.5. The van der Waals surface area contributed by atoms with E-state index in [0.29, 0.717) is 43.1 Å². The van der Waals surface area contributed by atoms with Crippen molar-refractivity contribution in [2.75, 3.05) is 47.5 Å². The van der Waals surface area contributed by atoms with Crippen molar-refractivity contribution in [2.45, 2.75) is 179 Å². The Morgan fingerprint density at radius 2 is 1.41 bits per heavy atom. The first kappa shape index (κ1) is 54.1. The molecule has 0 aromatic rings. The Morgan fingerprint density at radius 3 is 2.10 bits per heavy atom. The molecule has 1 rings (SSSR count). The van der Waals surface area contributed by atoms with Gasteiger partial charge in [-0.2, -0.15) is 0 Å². The molecular formula is C44H80NO12P. The first-order valence-corrected chi connectivity index (χ1v) is 23.6. The molecule has 0 spiro atoms. The van der Waals surface area contributed by atoms with Gasteiger partial charge in [0.05, 0.1) is 46.1 Å². The second kappa shape index (κ2) is 32.8. The molecule has 0 saturated carbocycles. The van der Waals surface area contributed by atoms with Crippen molar-refractivity contribution < 1.29 is 62.1 Å². The number of likely N-dealkylation sites (N-methyl/N-ethyl adjacent to an activating group) is 1. The summed E-state index contributed by atoms with van der Waals surface area (Å²) in [5, 5.41) is 31.0. The zero-order chi connectivity index (χ0) is 43.1. The average Bonchev–Trinajstić information content (AvgIpc) is 3.15. The fraction of sp³-hybridized carbons (Fsp3) is 0.818. The van der Waals surface area contributed by atoms with Crippen LogP contribution < -0.4 is 4.89 Å². The molecule has 13 nitrogen and oxygen atoms in total. The number of allylic oxidation sites excluding steroid dienone is 4. The zero-order valence-corrected chi connectivity index (χ0v) is 37.4. The summed E-state index contributed by atoms with van der Waals surface area (Å²) in [4.78, 5) is 37.7. The topological polar surface area (TPSA) is 181 Å². The van der Waals surface area contributed by atoms with Crippen LogP contribution in [-0.2, 0) is 37.4 Å². The van der Waals surface area contributed by atoms with Crippen molar-refractivity contribution in [3.05, 3.63) is 36.5 Å². The first-order valence-electron chi connectivity index (χ1n) is 22.1. The average molecular weight is 846 g/mol. The minimum atomic E-state index is -4.70. The van der Waals surface area contributed by atoms with Crippen LogP contribution in [0.3, 0.4) is 0 Å². The minimum Gasteiger partial charge on any atom is -0.756 e. The van der Waals surface area contributed by atoms with Gasteiger partial charge in [0, 0.05) is 25.2 Å². The lowest BCUT2D eigenvalue weighted by molar-refractivity contribution is -0.870. The molecular weight excluding hydrogens is 765 g/mol. The molecule has 58 heavy (non-hydrogen) atoms. The number of carbonyl (C=O) groups is 2. The summed E-state index contributed by atoms with van der Waals surface area (Å²) in [6, 6.07) is 0. The highest BCUT2D eigenvalue weighted by molar-refractivity contribution is 7.45. The number of hydrogen-bond acceptors (Lipinski definition) is 12. The van der Waals surface area contributed by atoms with Gasteiger partial charge in [0.15, 0.2) is 12.4 Å². The van der Waals surface area contributed by atoms with Crippen molar-refractivity contribution in [3.63, 3.8) is 0 Å². The van der Waals surface area contributed by atoms with Gasteiger partial charge in [-0.3, -0.25) is 14.2 Å². The van der Waals surface area contributed by atoms with Crippen LogP contribution >= 0.6 is 7.82 Å². The molecule has 338 valence electrons. The maximum absolute atomic E-state index is 12.8. The molecule has 1 aliphatic rings. The van der Waals surface area contributed by atoms with E-state index in [1.54, 1.807) is 12.2 Å². The molecule has 0 amide bonds. The van der Waals surface area contributed by atoms with Crippen LogP contribution in [0.5, 0.6) is 0 Å². The lowest BCUT2D eigenvalue weighted by Gasteiger charge is -2.36. The third-order valence-corrected chi connectivity index (χ3v) is 10.9. The second-order valence-electron chi connectivity index (χ2n) is 16.6. The number of esters is 2. The van der Waals surface area contributed by atoms with Gasteiger partial charge in [0.25, 0.3) is 7.82 Å². The van der Waals surface area contributed by atoms with Crippen LogP contribution in [-0.4, -0.2) is 110 Å².